The second-order valence-electron chi connectivity index (χ2n) is 2.75. The summed E-state index contributed by atoms with van der Waals surface area (Å²) in [4.78, 5) is 10.4. The summed E-state index contributed by atoms with van der Waals surface area (Å²) in [5.74, 6) is -1.24. The van der Waals surface area contributed by atoms with Gasteiger partial charge in [-0.15, -0.1) is 0 Å². The molecule has 0 aliphatic carbocycles. The van der Waals surface area contributed by atoms with Crippen LogP contribution in [0.15, 0.2) is 0 Å². The van der Waals surface area contributed by atoms with E-state index in [2.05, 4.69) is 5.32 Å². The maximum atomic E-state index is 10.4. The minimum absolute atomic E-state index is 0.401. The Kier molecular flexibility index (Phi) is 2.63. The molecule has 0 spiro atoms. The van der Waals surface area contributed by atoms with Gasteiger partial charge in [0.2, 0.25) is 0 Å². The van der Waals surface area contributed by atoms with Crippen LogP contribution in [0.3, 0.4) is 0 Å². The predicted octanol–water partition coefficient (Wildman–Crippen LogP) is -2.87. The number of carbonyl (C=O) groups is 1. The third kappa shape index (κ3) is 1.42. The third-order valence-electron chi connectivity index (χ3n) is 1.96. The highest BCUT2D eigenvalue weighted by Crippen LogP contribution is 2.13. The fourth-order valence-electron chi connectivity index (χ4n) is 1.24. The van der Waals surface area contributed by atoms with E-state index in [0.717, 1.165) is 0 Å². The van der Waals surface area contributed by atoms with E-state index in [4.69, 9.17) is 20.4 Å². The van der Waals surface area contributed by atoms with Gasteiger partial charge in [0.25, 0.3) is 0 Å². The van der Waals surface area contributed by atoms with Crippen LogP contribution in [-0.2, 0) is 4.79 Å². The maximum Gasteiger partial charge on any atom is 0.323 e. The van der Waals surface area contributed by atoms with Crippen LogP contribution in [0, 0.1) is 0 Å². The summed E-state index contributed by atoms with van der Waals surface area (Å²) in [6, 6.07) is -1.96. The number of hydrogen-bond donors (Lipinski definition) is 5. The van der Waals surface area contributed by atoms with Gasteiger partial charge in [-0.3, -0.25) is 10.1 Å². The lowest BCUT2D eigenvalue weighted by Crippen LogP contribution is -2.41. The van der Waals surface area contributed by atoms with E-state index < -0.39 is 36.9 Å². The van der Waals surface area contributed by atoms with Crippen LogP contribution in [0.2, 0.25) is 0 Å². The minimum Gasteiger partial charge on any atom is -0.480 e. The highest BCUT2D eigenvalue weighted by Gasteiger charge is 2.44. The molecule has 6 nitrogen and oxygen atoms in total. The van der Waals surface area contributed by atoms with Crippen molar-refractivity contribution in [3.8, 4) is 0 Å². The van der Waals surface area contributed by atoms with Gasteiger partial charge in [-0.2, -0.15) is 0 Å². The molecule has 1 fully saturated rings. The molecule has 0 saturated carbocycles. The number of aliphatic carboxylic acids is 1. The Morgan fingerprint density at radius 3 is 2.17 bits per heavy atom. The average Bonchev–Trinajstić information content (AvgIpc) is 2.30. The van der Waals surface area contributed by atoms with Crippen molar-refractivity contribution in [2.75, 3.05) is 6.61 Å². The maximum absolute atomic E-state index is 10.4. The second-order valence-corrected chi connectivity index (χ2v) is 2.75. The SMILES string of the molecule is O=C(O)[C@@H]1N[C@@H](CO)[C@H](O)[C@H]1O. The third-order valence-corrected chi connectivity index (χ3v) is 1.96. The highest BCUT2D eigenvalue weighted by molar-refractivity contribution is 5.75. The van der Waals surface area contributed by atoms with Gasteiger partial charge >= 0.3 is 5.97 Å². The van der Waals surface area contributed by atoms with E-state index in [1.54, 1.807) is 0 Å². The van der Waals surface area contributed by atoms with Crippen molar-refractivity contribution in [2.45, 2.75) is 24.3 Å². The van der Waals surface area contributed by atoms with Crippen molar-refractivity contribution in [1.82, 2.24) is 5.32 Å². The average molecular weight is 177 g/mol. The molecule has 0 aromatic rings. The van der Waals surface area contributed by atoms with Crippen molar-refractivity contribution in [3.05, 3.63) is 0 Å². The predicted molar refractivity (Wildman–Crippen MR) is 37.4 cm³/mol. The summed E-state index contributed by atoms with van der Waals surface area (Å²) >= 11 is 0. The Morgan fingerprint density at radius 1 is 1.33 bits per heavy atom. The van der Waals surface area contributed by atoms with Crippen molar-refractivity contribution in [2.24, 2.45) is 0 Å². The first-order chi connectivity index (χ1) is 5.57. The molecule has 0 amide bonds. The molecule has 1 rings (SSSR count). The van der Waals surface area contributed by atoms with Gasteiger partial charge in [0.1, 0.15) is 12.1 Å². The Balaban J connectivity index is 2.66. The van der Waals surface area contributed by atoms with Gasteiger partial charge in [0, 0.05) is 0 Å². The van der Waals surface area contributed by atoms with Crippen LogP contribution < -0.4 is 5.32 Å². The molecular formula is C6H11NO5. The molecule has 1 saturated heterocycles. The molecule has 1 aliphatic rings. The summed E-state index contributed by atoms with van der Waals surface area (Å²) in [7, 11) is 0. The Bertz CT molecular complexity index is 185. The molecule has 6 heteroatoms. The van der Waals surface area contributed by atoms with E-state index >= 15 is 0 Å². The normalized spacial score (nSPS) is 41.6. The standard InChI is InChI=1S/C6H11NO5/c8-1-2-4(9)5(10)3(7-2)6(11)12/h2-5,7-10H,1H2,(H,11,12)/t2-,3+,4-,5-/m0/s1. The topological polar surface area (TPSA) is 110 Å². The number of carboxylic acid groups (broad SMARTS) is 1. The van der Waals surface area contributed by atoms with E-state index in [1.165, 1.54) is 0 Å². The molecule has 1 heterocycles. The van der Waals surface area contributed by atoms with Crippen LogP contribution in [-0.4, -0.2) is 57.3 Å². The molecule has 12 heavy (non-hydrogen) atoms. The lowest BCUT2D eigenvalue weighted by molar-refractivity contribution is -0.142. The number of carboxylic acids is 1. The zero-order valence-corrected chi connectivity index (χ0v) is 6.21. The molecule has 0 unspecified atom stereocenters. The van der Waals surface area contributed by atoms with Gasteiger partial charge in [-0.25, -0.2) is 0 Å². The van der Waals surface area contributed by atoms with Crippen LogP contribution in [0.1, 0.15) is 0 Å². The summed E-state index contributed by atoms with van der Waals surface area (Å²) in [6.45, 7) is -0.401. The quantitative estimate of drug-likeness (QED) is 0.310. The molecule has 0 radical (unpaired) electrons. The Labute approximate surface area is 68.4 Å². The molecular weight excluding hydrogens is 166 g/mol. The van der Waals surface area contributed by atoms with E-state index in [1.807, 2.05) is 0 Å². The minimum atomic E-state index is -1.36. The first-order valence-electron chi connectivity index (χ1n) is 3.53. The first kappa shape index (κ1) is 9.40. The summed E-state index contributed by atoms with van der Waals surface area (Å²) in [5.41, 5.74) is 0. The molecule has 4 atom stereocenters. The van der Waals surface area contributed by atoms with Crippen molar-refractivity contribution < 1.29 is 25.2 Å². The number of rotatable bonds is 2. The van der Waals surface area contributed by atoms with Gasteiger partial charge in [-0.05, 0) is 0 Å². The Morgan fingerprint density at radius 2 is 1.92 bits per heavy atom. The summed E-state index contributed by atoms with van der Waals surface area (Å²) < 4.78 is 0. The smallest absolute Gasteiger partial charge is 0.323 e. The van der Waals surface area contributed by atoms with Crippen LogP contribution >= 0.6 is 0 Å². The molecule has 0 aromatic heterocycles. The van der Waals surface area contributed by atoms with Gasteiger partial charge in [-0.1, -0.05) is 0 Å². The molecule has 1 aliphatic heterocycles. The number of nitrogens with one attached hydrogen (secondary N) is 1. The van der Waals surface area contributed by atoms with Crippen molar-refractivity contribution >= 4 is 5.97 Å². The summed E-state index contributed by atoms with van der Waals surface area (Å²) in [5, 5.41) is 37.8. The molecule has 70 valence electrons. The number of aliphatic hydroxyl groups is 3. The highest BCUT2D eigenvalue weighted by atomic mass is 16.4. The van der Waals surface area contributed by atoms with Gasteiger partial charge < -0.3 is 20.4 Å². The zero-order valence-electron chi connectivity index (χ0n) is 6.21. The Hall–Kier alpha value is -0.690. The fourth-order valence-corrected chi connectivity index (χ4v) is 1.24. The van der Waals surface area contributed by atoms with E-state index in [9.17, 15) is 4.79 Å². The number of aliphatic hydroxyl groups excluding tert-OH is 3. The molecule has 0 bridgehead atoms. The molecule has 5 N–H and O–H groups in total. The second kappa shape index (κ2) is 3.36. The number of hydrogen-bond acceptors (Lipinski definition) is 5. The monoisotopic (exact) mass is 177 g/mol. The zero-order chi connectivity index (χ0) is 9.30. The van der Waals surface area contributed by atoms with Crippen LogP contribution in [0.25, 0.3) is 0 Å². The lowest BCUT2D eigenvalue weighted by atomic mass is 10.1. The van der Waals surface area contributed by atoms with E-state index in [-0.39, 0.29) is 0 Å². The first-order valence-corrected chi connectivity index (χ1v) is 3.53. The fraction of sp³-hybridized carbons (Fsp3) is 0.833. The van der Waals surface area contributed by atoms with Gasteiger partial charge in [0.05, 0.1) is 18.8 Å². The largest absolute Gasteiger partial charge is 0.480 e. The van der Waals surface area contributed by atoms with Crippen LogP contribution in [0.5, 0.6) is 0 Å². The van der Waals surface area contributed by atoms with Gasteiger partial charge in [0.15, 0.2) is 0 Å². The molecule has 0 aromatic carbocycles. The van der Waals surface area contributed by atoms with Crippen molar-refractivity contribution in [1.29, 1.82) is 0 Å². The van der Waals surface area contributed by atoms with Crippen molar-refractivity contribution in [3.63, 3.8) is 0 Å². The lowest BCUT2D eigenvalue weighted by Gasteiger charge is -2.11. The van der Waals surface area contributed by atoms with E-state index in [0.29, 0.717) is 0 Å². The van der Waals surface area contributed by atoms with Crippen LogP contribution in [0.4, 0.5) is 0 Å². The summed E-state index contributed by atoms with van der Waals surface area (Å²) in [6.07, 6.45) is -2.59.